The number of pyridine rings is 1. The predicted octanol–water partition coefficient (Wildman–Crippen LogP) is 4.30. The van der Waals surface area contributed by atoms with E-state index >= 15 is 0 Å². The lowest BCUT2D eigenvalue weighted by Gasteiger charge is -2.38. The van der Waals surface area contributed by atoms with Crippen molar-refractivity contribution in [1.82, 2.24) is 19.1 Å². The molecule has 0 aliphatic carbocycles. The van der Waals surface area contributed by atoms with Crippen molar-refractivity contribution in [2.45, 2.75) is 15.8 Å². The van der Waals surface area contributed by atoms with Crippen LogP contribution in [0.2, 0.25) is 5.02 Å². The summed E-state index contributed by atoms with van der Waals surface area (Å²) in [5.41, 5.74) is 1.37. The number of piperazine rings is 1. The number of hydrogen-bond acceptors (Lipinski definition) is 8. The highest BCUT2D eigenvalue weighted by atomic mass is 35.5. The van der Waals surface area contributed by atoms with Crippen LogP contribution in [-0.4, -0.2) is 50.4 Å². The third-order valence-corrected chi connectivity index (χ3v) is 7.42. The van der Waals surface area contributed by atoms with Crippen LogP contribution in [0.25, 0.3) is 0 Å². The minimum Gasteiger partial charge on any atom is -0.451 e. The van der Waals surface area contributed by atoms with Gasteiger partial charge in [-0.05, 0) is 72.4 Å². The zero-order valence-corrected chi connectivity index (χ0v) is 20.3. The van der Waals surface area contributed by atoms with Gasteiger partial charge in [0.15, 0.2) is 17.4 Å². The van der Waals surface area contributed by atoms with Gasteiger partial charge in [-0.3, -0.25) is 14.8 Å². The molecule has 1 saturated heterocycles. The summed E-state index contributed by atoms with van der Waals surface area (Å²) in [6.07, 6.45) is 1.52. The van der Waals surface area contributed by atoms with Crippen molar-refractivity contribution < 1.29 is 23.5 Å². The Morgan fingerprint density at radius 1 is 1.14 bits per heavy atom. The van der Waals surface area contributed by atoms with Gasteiger partial charge >= 0.3 is 0 Å². The van der Waals surface area contributed by atoms with Crippen LogP contribution in [-0.2, 0) is 4.79 Å². The first kappa shape index (κ1) is 25.5. The van der Waals surface area contributed by atoms with Gasteiger partial charge in [-0.25, -0.2) is 22.9 Å². The van der Waals surface area contributed by atoms with Crippen molar-refractivity contribution in [1.29, 1.82) is 0 Å². The number of H-pyrrole nitrogens is 1. The lowest BCUT2D eigenvalue weighted by Crippen LogP contribution is -2.54. The zero-order chi connectivity index (χ0) is 24.9. The van der Waals surface area contributed by atoms with Gasteiger partial charge in [0.2, 0.25) is 0 Å². The Labute approximate surface area is 212 Å². The summed E-state index contributed by atoms with van der Waals surface area (Å²) in [6, 6.07) is 10.8. The normalized spacial score (nSPS) is 16.7. The molecule has 0 bridgehead atoms. The van der Waals surface area contributed by atoms with Gasteiger partial charge in [0.1, 0.15) is 11.8 Å². The van der Waals surface area contributed by atoms with Crippen molar-refractivity contribution >= 4 is 41.4 Å². The van der Waals surface area contributed by atoms with Gasteiger partial charge < -0.3 is 9.72 Å². The molecule has 1 aliphatic rings. The van der Waals surface area contributed by atoms with Gasteiger partial charge in [0.25, 0.3) is 11.5 Å². The first-order valence-corrected chi connectivity index (χ1v) is 12.2. The Balaban J connectivity index is 1.48. The summed E-state index contributed by atoms with van der Waals surface area (Å²) in [7, 11) is 0. The Bertz CT molecular complexity index is 1240. The molecular weight excluding hydrogens is 522 g/mol. The maximum atomic E-state index is 14.7. The predicted molar refractivity (Wildman–Crippen MR) is 129 cm³/mol. The summed E-state index contributed by atoms with van der Waals surface area (Å²) >= 11 is 7.98. The van der Waals surface area contributed by atoms with E-state index < -0.39 is 29.3 Å². The van der Waals surface area contributed by atoms with E-state index in [1.807, 2.05) is 4.31 Å². The second kappa shape index (κ2) is 11.4. The molecule has 3 aromatic rings. The number of rotatable bonds is 7. The van der Waals surface area contributed by atoms with Crippen LogP contribution in [0.5, 0.6) is 11.5 Å². The Hall–Kier alpha value is -2.61. The van der Waals surface area contributed by atoms with Gasteiger partial charge in [-0.15, -0.1) is 0 Å². The molecule has 1 amide bonds. The van der Waals surface area contributed by atoms with Crippen molar-refractivity contribution in [2.75, 3.05) is 19.6 Å². The van der Waals surface area contributed by atoms with Crippen molar-refractivity contribution in [3.63, 3.8) is 0 Å². The van der Waals surface area contributed by atoms with E-state index in [9.17, 15) is 23.6 Å². The van der Waals surface area contributed by atoms with Crippen molar-refractivity contribution in [2.24, 2.45) is 0 Å². The minimum absolute atomic E-state index is 0.154. The molecule has 3 N–H and O–H groups in total. The Morgan fingerprint density at radius 2 is 1.86 bits per heavy atom. The second-order valence-electron chi connectivity index (χ2n) is 7.34. The lowest BCUT2D eigenvalue weighted by atomic mass is 10.2. The number of carbonyl (C=O) groups is 1. The average molecular weight is 541 g/mol. The lowest BCUT2D eigenvalue weighted by molar-refractivity contribution is -0.134. The second-order valence-corrected chi connectivity index (χ2v) is 10.0. The third kappa shape index (κ3) is 6.34. The van der Waals surface area contributed by atoms with Crippen LogP contribution in [0.4, 0.5) is 8.78 Å². The van der Waals surface area contributed by atoms with Gasteiger partial charge in [0.05, 0.1) is 4.90 Å². The van der Waals surface area contributed by atoms with Crippen LogP contribution in [0, 0.1) is 11.6 Å². The molecule has 2 aromatic carbocycles. The number of hydrogen-bond donors (Lipinski definition) is 3. The molecular formula is C22H19ClF2N4O4S2. The standard InChI is InChI=1S/C22H19ClF2N4O4S2/c23-13-3-5-14(6-4-13)33-20-16(24)10-15(11-17(20)25)34-29-9-8-28(12-18(29)21(30)27-32)35-19-2-1-7-26-22(19)31/h1-7,10-11,18,32H,8-9,12H2,(H,26,31)(H,27,30)/t18-/m1/s1. The van der Waals surface area contributed by atoms with Crippen molar-refractivity contribution in [3.05, 3.63) is 81.7 Å². The van der Waals surface area contributed by atoms with Crippen LogP contribution >= 0.6 is 35.5 Å². The first-order chi connectivity index (χ1) is 16.8. The number of aromatic nitrogens is 1. The SMILES string of the molecule is O=C(NO)[C@H]1CN(Sc2ccc[nH]c2=O)CCN1Sc1cc(F)c(Oc2ccc(Cl)cc2)c(F)c1. The highest BCUT2D eigenvalue weighted by Crippen LogP contribution is 2.35. The average Bonchev–Trinajstić information content (AvgIpc) is 2.84. The van der Waals surface area contributed by atoms with E-state index in [2.05, 4.69) is 4.98 Å². The van der Waals surface area contributed by atoms with Gasteiger partial charge in [0, 0.05) is 35.7 Å². The number of hydroxylamine groups is 1. The van der Waals surface area contributed by atoms with Crippen LogP contribution in [0.15, 0.2) is 69.3 Å². The monoisotopic (exact) mass is 540 g/mol. The number of ether oxygens (including phenoxy) is 1. The summed E-state index contributed by atoms with van der Waals surface area (Å²) in [5, 5.41) is 9.67. The van der Waals surface area contributed by atoms with E-state index in [1.165, 1.54) is 42.4 Å². The summed E-state index contributed by atoms with van der Waals surface area (Å²) in [5.74, 6) is -2.85. The Morgan fingerprint density at radius 3 is 2.51 bits per heavy atom. The molecule has 1 fully saturated rings. The van der Waals surface area contributed by atoms with Crippen LogP contribution in [0.1, 0.15) is 0 Å². The molecule has 0 saturated carbocycles. The molecule has 4 rings (SSSR count). The number of nitrogens with zero attached hydrogens (tertiary/aromatic N) is 2. The van der Waals surface area contributed by atoms with Gasteiger partial charge in [-0.2, -0.15) is 0 Å². The number of halogens is 3. The van der Waals surface area contributed by atoms with E-state index in [0.29, 0.717) is 23.0 Å². The molecule has 2 heterocycles. The largest absolute Gasteiger partial charge is 0.451 e. The first-order valence-electron chi connectivity index (χ1n) is 10.3. The maximum Gasteiger partial charge on any atom is 0.262 e. The molecule has 1 atom stereocenters. The van der Waals surface area contributed by atoms with E-state index in [0.717, 1.165) is 24.1 Å². The van der Waals surface area contributed by atoms with Crippen molar-refractivity contribution in [3.8, 4) is 11.5 Å². The molecule has 184 valence electrons. The quantitative estimate of drug-likeness (QED) is 0.232. The molecule has 1 aromatic heterocycles. The summed E-state index contributed by atoms with van der Waals surface area (Å²) in [4.78, 5) is 27.6. The molecule has 0 unspecified atom stereocenters. The van der Waals surface area contributed by atoms with E-state index in [1.54, 1.807) is 21.9 Å². The summed E-state index contributed by atoms with van der Waals surface area (Å²) < 4.78 is 38.2. The number of amides is 1. The molecule has 8 nitrogen and oxygen atoms in total. The number of carbonyl (C=O) groups excluding carboxylic acids is 1. The number of nitrogens with one attached hydrogen (secondary N) is 2. The van der Waals surface area contributed by atoms with Crippen LogP contribution < -0.4 is 15.8 Å². The molecule has 1 aliphatic heterocycles. The van der Waals surface area contributed by atoms with E-state index in [-0.39, 0.29) is 22.7 Å². The summed E-state index contributed by atoms with van der Waals surface area (Å²) in [6.45, 7) is 0.914. The fourth-order valence-electron chi connectivity index (χ4n) is 3.28. The number of aromatic amines is 1. The Kier molecular flexibility index (Phi) is 8.31. The minimum atomic E-state index is -0.914. The fraction of sp³-hybridized carbons (Fsp3) is 0.182. The van der Waals surface area contributed by atoms with E-state index in [4.69, 9.17) is 16.3 Å². The topological polar surface area (TPSA) is 97.9 Å². The molecule has 13 heteroatoms. The third-order valence-electron chi connectivity index (χ3n) is 4.94. The van der Waals surface area contributed by atoms with Crippen LogP contribution in [0.3, 0.4) is 0 Å². The molecule has 0 radical (unpaired) electrons. The highest BCUT2D eigenvalue weighted by Gasteiger charge is 2.34. The smallest absolute Gasteiger partial charge is 0.262 e. The zero-order valence-electron chi connectivity index (χ0n) is 17.9. The molecule has 35 heavy (non-hydrogen) atoms. The molecule has 0 spiro atoms. The fourth-order valence-corrected chi connectivity index (χ4v) is 5.40. The number of benzene rings is 2. The highest BCUT2D eigenvalue weighted by molar-refractivity contribution is 7.97. The maximum absolute atomic E-state index is 14.7. The van der Waals surface area contributed by atoms with Gasteiger partial charge in [-0.1, -0.05) is 11.6 Å².